The third kappa shape index (κ3) is 4.61. The number of nitrogens with zero attached hydrogens (tertiary/aromatic N) is 5. The molecular weight excluding hydrogens is 448 g/mol. The van der Waals surface area contributed by atoms with Gasteiger partial charge in [-0.3, -0.25) is 9.36 Å². The van der Waals surface area contributed by atoms with Crippen LogP contribution in [0.5, 0.6) is 0 Å². The number of aromatic amines is 1. The molecule has 34 heavy (non-hydrogen) atoms. The summed E-state index contributed by atoms with van der Waals surface area (Å²) in [6.45, 7) is 3.60. The van der Waals surface area contributed by atoms with Crippen LogP contribution in [0.3, 0.4) is 0 Å². The van der Waals surface area contributed by atoms with Crippen LogP contribution in [0.2, 0.25) is 0 Å². The number of aryl methyl sites for hydroxylation is 1. The fraction of sp³-hybridized carbons (Fsp3) is 0.360. The highest BCUT2D eigenvalue weighted by molar-refractivity contribution is 7.09. The Morgan fingerprint density at radius 3 is 2.65 bits per heavy atom. The largest absolute Gasteiger partial charge is 0.341 e. The second kappa shape index (κ2) is 9.42. The van der Waals surface area contributed by atoms with Gasteiger partial charge in [0, 0.05) is 44.1 Å². The maximum absolute atomic E-state index is 13.0. The second-order valence-corrected chi connectivity index (χ2v) is 9.67. The van der Waals surface area contributed by atoms with Crippen LogP contribution in [0.25, 0.3) is 11.0 Å². The Kier molecular flexibility index (Phi) is 6.19. The Morgan fingerprint density at radius 1 is 1.15 bits per heavy atom. The molecule has 176 valence electrons. The highest BCUT2D eigenvalue weighted by Crippen LogP contribution is 2.25. The average molecular weight is 477 g/mol. The van der Waals surface area contributed by atoms with E-state index >= 15 is 0 Å². The van der Waals surface area contributed by atoms with Crippen LogP contribution in [0.1, 0.15) is 35.8 Å². The SMILES string of the molecule is Cc1ccc(Cc2nsc(N(C)CC(=O)N3CCC(n4c(=O)[nH]c5ccccc54)CC3)n2)cc1. The van der Waals surface area contributed by atoms with Gasteiger partial charge in [0.15, 0.2) is 0 Å². The first-order valence-corrected chi connectivity index (χ1v) is 12.3. The van der Waals surface area contributed by atoms with E-state index in [-0.39, 0.29) is 24.2 Å². The number of hydrogen-bond acceptors (Lipinski definition) is 6. The average Bonchev–Trinajstić information content (AvgIpc) is 3.44. The molecule has 2 aromatic heterocycles. The number of likely N-dealkylation sites (tertiary alicyclic amines) is 1. The maximum Gasteiger partial charge on any atom is 0.326 e. The Balaban J connectivity index is 1.17. The molecule has 0 bridgehead atoms. The topological polar surface area (TPSA) is 87.1 Å². The predicted molar refractivity (Wildman–Crippen MR) is 135 cm³/mol. The van der Waals surface area contributed by atoms with Gasteiger partial charge in [0.1, 0.15) is 5.82 Å². The first-order chi connectivity index (χ1) is 16.5. The smallest absolute Gasteiger partial charge is 0.326 e. The number of benzene rings is 2. The van der Waals surface area contributed by atoms with E-state index in [0.29, 0.717) is 19.5 Å². The van der Waals surface area contributed by atoms with Crippen molar-refractivity contribution >= 4 is 33.6 Å². The van der Waals surface area contributed by atoms with Crippen molar-refractivity contribution < 1.29 is 4.79 Å². The Morgan fingerprint density at radius 2 is 1.88 bits per heavy atom. The van der Waals surface area contributed by atoms with Crippen molar-refractivity contribution in [1.82, 2.24) is 23.8 Å². The van der Waals surface area contributed by atoms with E-state index in [0.717, 1.165) is 34.8 Å². The molecule has 1 N–H and O–H groups in total. The van der Waals surface area contributed by atoms with Gasteiger partial charge < -0.3 is 14.8 Å². The summed E-state index contributed by atoms with van der Waals surface area (Å²) in [5.74, 6) is 0.843. The van der Waals surface area contributed by atoms with Gasteiger partial charge in [0.2, 0.25) is 11.0 Å². The minimum absolute atomic E-state index is 0.0718. The molecule has 1 amide bonds. The van der Waals surface area contributed by atoms with E-state index in [9.17, 15) is 9.59 Å². The molecular formula is C25H28N6O2S. The van der Waals surface area contributed by atoms with Crippen LogP contribution in [-0.2, 0) is 11.2 Å². The monoisotopic (exact) mass is 476 g/mol. The summed E-state index contributed by atoms with van der Waals surface area (Å²) < 4.78 is 6.32. The van der Waals surface area contributed by atoms with Crippen LogP contribution >= 0.6 is 11.5 Å². The lowest BCUT2D eigenvalue weighted by Crippen LogP contribution is -2.44. The second-order valence-electron chi connectivity index (χ2n) is 8.94. The molecule has 1 aliphatic rings. The zero-order valence-electron chi connectivity index (χ0n) is 19.4. The Labute approximate surface area is 202 Å². The number of nitrogens with one attached hydrogen (secondary N) is 1. The van der Waals surface area contributed by atoms with E-state index in [1.165, 1.54) is 22.7 Å². The quantitative estimate of drug-likeness (QED) is 0.461. The van der Waals surface area contributed by atoms with Gasteiger partial charge in [-0.25, -0.2) is 9.78 Å². The molecule has 0 radical (unpaired) electrons. The normalized spacial score (nSPS) is 14.6. The molecule has 0 saturated carbocycles. The molecule has 0 unspecified atom stereocenters. The van der Waals surface area contributed by atoms with Crippen LogP contribution in [-0.4, -0.2) is 56.4 Å². The van der Waals surface area contributed by atoms with E-state index in [1.54, 1.807) is 0 Å². The standard InChI is InChI=1S/C25H28N6O2S/c1-17-7-9-18(10-8-17)15-22-27-25(34-28-22)29(2)16-23(32)30-13-11-19(12-14-30)31-21-6-4-3-5-20(21)26-24(31)33/h3-10,19H,11-16H2,1-2H3,(H,26,33). The van der Waals surface area contributed by atoms with Crippen LogP contribution < -0.4 is 10.6 Å². The van der Waals surface area contributed by atoms with E-state index in [2.05, 4.69) is 45.5 Å². The molecule has 4 aromatic rings. The van der Waals surface area contributed by atoms with E-state index in [4.69, 9.17) is 0 Å². The number of hydrogen-bond donors (Lipinski definition) is 1. The van der Waals surface area contributed by atoms with Crippen LogP contribution in [0, 0.1) is 6.92 Å². The van der Waals surface area contributed by atoms with E-state index in [1.807, 2.05) is 45.7 Å². The lowest BCUT2D eigenvalue weighted by atomic mass is 10.0. The van der Waals surface area contributed by atoms with Crippen molar-refractivity contribution in [1.29, 1.82) is 0 Å². The summed E-state index contributed by atoms with van der Waals surface area (Å²) in [7, 11) is 1.88. The predicted octanol–water partition coefficient (Wildman–Crippen LogP) is 3.38. The molecule has 3 heterocycles. The van der Waals surface area contributed by atoms with Gasteiger partial charge in [-0.1, -0.05) is 42.0 Å². The molecule has 1 fully saturated rings. The van der Waals surface area contributed by atoms with Gasteiger partial charge in [-0.05, 0) is 37.5 Å². The number of fused-ring (bicyclic) bond motifs is 1. The van der Waals surface area contributed by atoms with Crippen molar-refractivity contribution in [3.63, 3.8) is 0 Å². The van der Waals surface area contributed by atoms with Gasteiger partial charge in [0.05, 0.1) is 17.6 Å². The van der Waals surface area contributed by atoms with Crippen molar-refractivity contribution in [3.05, 3.63) is 76.0 Å². The number of anilines is 1. The number of rotatable bonds is 6. The number of likely N-dealkylation sites (N-methyl/N-ethyl adjacent to an activating group) is 1. The first-order valence-electron chi connectivity index (χ1n) is 11.5. The molecule has 0 atom stereocenters. The molecule has 0 spiro atoms. The molecule has 1 saturated heterocycles. The summed E-state index contributed by atoms with van der Waals surface area (Å²) >= 11 is 1.32. The summed E-state index contributed by atoms with van der Waals surface area (Å²) in [5, 5.41) is 0.746. The number of amides is 1. The molecule has 9 heteroatoms. The van der Waals surface area contributed by atoms with Crippen LogP contribution in [0.4, 0.5) is 5.13 Å². The highest BCUT2D eigenvalue weighted by Gasteiger charge is 2.27. The van der Waals surface area contributed by atoms with Crippen LogP contribution in [0.15, 0.2) is 53.3 Å². The van der Waals surface area contributed by atoms with Crippen molar-refractivity contribution in [2.75, 3.05) is 31.6 Å². The Bertz CT molecular complexity index is 1350. The zero-order chi connectivity index (χ0) is 23.7. The molecule has 5 rings (SSSR count). The summed E-state index contributed by atoms with van der Waals surface area (Å²) in [4.78, 5) is 36.8. The molecule has 0 aliphatic carbocycles. The van der Waals surface area contributed by atoms with Gasteiger partial charge in [-0.2, -0.15) is 4.37 Å². The van der Waals surface area contributed by atoms with Crippen molar-refractivity contribution in [2.24, 2.45) is 0 Å². The highest BCUT2D eigenvalue weighted by atomic mass is 32.1. The number of carbonyl (C=O) groups excluding carboxylic acids is 1. The molecule has 2 aromatic carbocycles. The molecule has 1 aliphatic heterocycles. The maximum atomic E-state index is 13.0. The first kappa shape index (κ1) is 22.3. The number of para-hydroxylation sites is 2. The minimum atomic E-state index is -0.0802. The lowest BCUT2D eigenvalue weighted by molar-refractivity contribution is -0.130. The number of aromatic nitrogens is 4. The fourth-order valence-corrected chi connectivity index (χ4v) is 5.18. The summed E-state index contributed by atoms with van der Waals surface area (Å²) in [6.07, 6.45) is 2.20. The summed E-state index contributed by atoms with van der Waals surface area (Å²) in [6, 6.07) is 16.2. The van der Waals surface area contributed by atoms with Crippen molar-refractivity contribution in [3.8, 4) is 0 Å². The Hall–Kier alpha value is -3.46. The number of piperidine rings is 1. The lowest BCUT2D eigenvalue weighted by Gasteiger charge is -2.33. The van der Waals surface area contributed by atoms with Gasteiger partial charge in [0.25, 0.3) is 0 Å². The summed E-state index contributed by atoms with van der Waals surface area (Å²) in [5.41, 5.74) is 4.10. The number of H-pyrrole nitrogens is 1. The molecule has 8 nitrogen and oxygen atoms in total. The number of imidazole rings is 1. The van der Waals surface area contributed by atoms with Crippen molar-refractivity contribution in [2.45, 2.75) is 32.2 Å². The third-order valence-corrected chi connectivity index (χ3v) is 7.31. The van der Waals surface area contributed by atoms with E-state index < -0.39 is 0 Å². The number of carbonyl (C=O) groups is 1. The third-order valence-electron chi connectivity index (χ3n) is 6.45. The zero-order valence-corrected chi connectivity index (χ0v) is 20.2. The van der Waals surface area contributed by atoms with Gasteiger partial charge >= 0.3 is 5.69 Å². The van der Waals surface area contributed by atoms with Gasteiger partial charge in [-0.15, -0.1) is 0 Å². The minimum Gasteiger partial charge on any atom is -0.341 e. The fourth-order valence-electron chi connectivity index (χ4n) is 4.54.